The Bertz CT molecular complexity index is 1080. The number of aromatic amines is 1. The molecular weight excluding hydrogens is 411 g/mol. The Labute approximate surface area is 166 Å². The van der Waals surface area contributed by atoms with Crippen molar-refractivity contribution in [2.24, 2.45) is 0 Å². The van der Waals surface area contributed by atoms with Gasteiger partial charge in [0.15, 0.2) is 0 Å². The molecule has 9 heteroatoms. The van der Waals surface area contributed by atoms with Crippen molar-refractivity contribution in [3.8, 4) is 0 Å². The topological polar surface area (TPSA) is 88.3 Å². The second kappa shape index (κ2) is 7.90. The smallest absolute Gasteiger partial charge is 0.324 e. The predicted molar refractivity (Wildman–Crippen MR) is 105 cm³/mol. The monoisotopic (exact) mass is 426 g/mol. The number of nitrogens with one attached hydrogen (secondary N) is 2. The fourth-order valence-corrected chi connectivity index (χ4v) is 4.68. The fourth-order valence-electron chi connectivity index (χ4n) is 2.77. The summed E-state index contributed by atoms with van der Waals surface area (Å²) in [5.74, 6) is -0.697. The number of hydrogen-bond acceptors (Lipinski definition) is 4. The first-order valence-corrected chi connectivity index (χ1v) is 10.2. The summed E-state index contributed by atoms with van der Waals surface area (Å²) in [5, 5.41) is 1.25. The number of carbonyl (C=O) groups is 1. The van der Waals surface area contributed by atoms with Crippen LogP contribution in [-0.2, 0) is 26.0 Å². The summed E-state index contributed by atoms with van der Waals surface area (Å²) in [6.45, 7) is 0. The molecule has 0 radical (unpaired) electrons. The molecular formula is C18H16Cl2N2O4S. The molecule has 1 heterocycles. The van der Waals surface area contributed by atoms with Gasteiger partial charge in [0.25, 0.3) is 0 Å². The van der Waals surface area contributed by atoms with E-state index in [9.17, 15) is 13.2 Å². The van der Waals surface area contributed by atoms with Crippen LogP contribution in [-0.4, -0.2) is 32.5 Å². The number of esters is 1. The van der Waals surface area contributed by atoms with Crippen molar-refractivity contribution in [2.75, 3.05) is 7.11 Å². The first-order chi connectivity index (χ1) is 12.8. The molecule has 27 heavy (non-hydrogen) atoms. The fraction of sp³-hybridized carbons (Fsp3) is 0.167. The summed E-state index contributed by atoms with van der Waals surface area (Å²) < 4.78 is 32.6. The van der Waals surface area contributed by atoms with Crippen LogP contribution in [0.2, 0.25) is 10.0 Å². The van der Waals surface area contributed by atoms with Crippen molar-refractivity contribution < 1.29 is 17.9 Å². The lowest BCUT2D eigenvalue weighted by atomic mass is 10.1. The van der Waals surface area contributed by atoms with Gasteiger partial charge >= 0.3 is 5.97 Å². The average molecular weight is 427 g/mol. The standard InChI is InChI=1S/C18H16Cl2N2O4S/c1-26-18(23)17(6-11-10-21-16-5-3-2-4-15(11)16)22-27(24,25)14-8-12(19)7-13(20)9-14/h2-5,7-10,17,21-22H,6H2,1H3. The number of fused-ring (bicyclic) bond motifs is 1. The van der Waals surface area contributed by atoms with E-state index in [2.05, 4.69) is 9.71 Å². The van der Waals surface area contributed by atoms with Gasteiger partial charge in [-0.25, -0.2) is 8.42 Å². The summed E-state index contributed by atoms with van der Waals surface area (Å²) >= 11 is 11.8. The molecule has 142 valence electrons. The predicted octanol–water partition coefficient (Wildman–Crippen LogP) is 3.54. The molecule has 0 fully saturated rings. The van der Waals surface area contributed by atoms with Crippen LogP contribution < -0.4 is 4.72 Å². The summed E-state index contributed by atoms with van der Waals surface area (Å²) in [6.07, 6.45) is 1.86. The molecule has 2 N–H and O–H groups in total. The lowest BCUT2D eigenvalue weighted by Crippen LogP contribution is -2.42. The van der Waals surface area contributed by atoms with E-state index in [0.29, 0.717) is 0 Å². The SMILES string of the molecule is COC(=O)C(Cc1c[nH]c2ccccc12)NS(=O)(=O)c1cc(Cl)cc(Cl)c1. The number of hydrogen-bond donors (Lipinski definition) is 2. The zero-order valence-corrected chi connectivity index (χ0v) is 16.5. The zero-order valence-electron chi connectivity index (χ0n) is 14.2. The van der Waals surface area contributed by atoms with Gasteiger partial charge in [0.1, 0.15) is 6.04 Å². The van der Waals surface area contributed by atoms with E-state index in [1.807, 2.05) is 24.3 Å². The molecule has 0 saturated heterocycles. The normalized spacial score (nSPS) is 12.9. The van der Waals surface area contributed by atoms with Crippen LogP contribution in [0.15, 0.2) is 53.6 Å². The lowest BCUT2D eigenvalue weighted by Gasteiger charge is -2.17. The first kappa shape index (κ1) is 19.7. The van der Waals surface area contributed by atoms with Gasteiger partial charge in [-0.05, 0) is 29.8 Å². The van der Waals surface area contributed by atoms with Crippen LogP contribution in [0.1, 0.15) is 5.56 Å². The van der Waals surface area contributed by atoms with E-state index < -0.39 is 22.0 Å². The van der Waals surface area contributed by atoms with E-state index >= 15 is 0 Å². The minimum absolute atomic E-state index is 0.115. The molecule has 0 aliphatic carbocycles. The molecule has 0 saturated carbocycles. The van der Waals surface area contributed by atoms with Crippen molar-refractivity contribution in [1.29, 1.82) is 0 Å². The van der Waals surface area contributed by atoms with Gasteiger partial charge in [-0.2, -0.15) is 4.72 Å². The maximum Gasteiger partial charge on any atom is 0.324 e. The average Bonchev–Trinajstić information content (AvgIpc) is 3.02. The Kier molecular flexibility index (Phi) is 5.76. The van der Waals surface area contributed by atoms with Crippen molar-refractivity contribution in [3.63, 3.8) is 0 Å². The Morgan fingerprint density at radius 3 is 2.52 bits per heavy atom. The third-order valence-corrected chi connectivity index (χ3v) is 5.92. The van der Waals surface area contributed by atoms with Crippen LogP contribution >= 0.6 is 23.2 Å². The van der Waals surface area contributed by atoms with E-state index in [1.165, 1.54) is 25.3 Å². The number of benzene rings is 2. The molecule has 1 atom stereocenters. The van der Waals surface area contributed by atoms with Crippen LogP contribution in [0.5, 0.6) is 0 Å². The summed E-state index contributed by atoms with van der Waals surface area (Å²) in [7, 11) is -2.84. The number of sulfonamides is 1. The van der Waals surface area contributed by atoms with Gasteiger partial charge < -0.3 is 9.72 Å². The molecule has 0 aliphatic heterocycles. The maximum atomic E-state index is 12.7. The Balaban J connectivity index is 1.92. The number of ether oxygens (including phenoxy) is 1. The quantitative estimate of drug-likeness (QED) is 0.589. The maximum absolute atomic E-state index is 12.7. The number of para-hydroxylation sites is 1. The largest absolute Gasteiger partial charge is 0.468 e. The highest BCUT2D eigenvalue weighted by Gasteiger charge is 2.28. The number of H-pyrrole nitrogens is 1. The van der Waals surface area contributed by atoms with Crippen LogP contribution in [0.25, 0.3) is 10.9 Å². The van der Waals surface area contributed by atoms with Crippen molar-refractivity contribution in [1.82, 2.24) is 9.71 Å². The van der Waals surface area contributed by atoms with Gasteiger partial charge in [0.2, 0.25) is 10.0 Å². The van der Waals surface area contributed by atoms with Crippen molar-refractivity contribution >= 4 is 50.1 Å². The van der Waals surface area contributed by atoms with E-state index in [-0.39, 0.29) is 21.4 Å². The van der Waals surface area contributed by atoms with Gasteiger partial charge in [-0.1, -0.05) is 41.4 Å². The zero-order chi connectivity index (χ0) is 19.6. The van der Waals surface area contributed by atoms with E-state index in [1.54, 1.807) is 6.20 Å². The lowest BCUT2D eigenvalue weighted by molar-refractivity contribution is -0.142. The summed E-state index contributed by atoms with van der Waals surface area (Å²) in [4.78, 5) is 15.2. The third kappa shape index (κ3) is 4.44. The highest BCUT2D eigenvalue weighted by atomic mass is 35.5. The Hall–Kier alpha value is -2.06. The molecule has 3 rings (SSSR count). The number of methoxy groups -OCH3 is 1. The molecule has 0 bridgehead atoms. The van der Waals surface area contributed by atoms with Gasteiger partial charge in [0.05, 0.1) is 12.0 Å². The third-order valence-electron chi connectivity index (χ3n) is 4.03. The number of halogens is 2. The van der Waals surface area contributed by atoms with Crippen molar-refractivity contribution in [3.05, 3.63) is 64.3 Å². The molecule has 2 aromatic carbocycles. The van der Waals surface area contributed by atoms with Gasteiger partial charge in [-0.15, -0.1) is 0 Å². The Morgan fingerprint density at radius 1 is 1.19 bits per heavy atom. The van der Waals surface area contributed by atoms with Crippen LogP contribution in [0, 0.1) is 0 Å². The summed E-state index contributed by atoms with van der Waals surface area (Å²) in [5.41, 5.74) is 1.67. The highest BCUT2D eigenvalue weighted by molar-refractivity contribution is 7.89. The molecule has 0 spiro atoms. The summed E-state index contributed by atoms with van der Waals surface area (Å²) in [6, 6.07) is 10.4. The number of carbonyl (C=O) groups excluding carboxylic acids is 1. The highest BCUT2D eigenvalue weighted by Crippen LogP contribution is 2.24. The van der Waals surface area contributed by atoms with E-state index in [4.69, 9.17) is 27.9 Å². The number of rotatable bonds is 6. The number of aromatic nitrogens is 1. The van der Waals surface area contributed by atoms with Gasteiger partial charge in [0, 0.05) is 33.6 Å². The minimum Gasteiger partial charge on any atom is -0.468 e. The molecule has 6 nitrogen and oxygen atoms in total. The second-order valence-corrected chi connectivity index (χ2v) is 8.45. The molecule has 0 amide bonds. The molecule has 3 aromatic rings. The Morgan fingerprint density at radius 2 is 1.85 bits per heavy atom. The molecule has 1 unspecified atom stereocenters. The second-order valence-electron chi connectivity index (χ2n) is 5.87. The van der Waals surface area contributed by atoms with Crippen LogP contribution in [0.4, 0.5) is 0 Å². The molecule has 0 aliphatic rings. The minimum atomic E-state index is -4.05. The van der Waals surface area contributed by atoms with Crippen molar-refractivity contribution in [2.45, 2.75) is 17.4 Å². The first-order valence-electron chi connectivity index (χ1n) is 7.91. The van der Waals surface area contributed by atoms with Gasteiger partial charge in [-0.3, -0.25) is 4.79 Å². The van der Waals surface area contributed by atoms with Crippen LogP contribution in [0.3, 0.4) is 0 Å². The molecule has 1 aromatic heterocycles. The van der Waals surface area contributed by atoms with E-state index in [0.717, 1.165) is 16.5 Å².